The van der Waals surface area contributed by atoms with Crippen LogP contribution in [0.3, 0.4) is 0 Å². The quantitative estimate of drug-likeness (QED) is 0.498. The van der Waals surface area contributed by atoms with Crippen molar-refractivity contribution in [2.45, 2.75) is 50.5 Å². The van der Waals surface area contributed by atoms with Crippen molar-refractivity contribution in [1.29, 1.82) is 0 Å². The average molecular weight is 433 g/mol. The first-order valence-electron chi connectivity index (χ1n) is 11.1. The van der Waals surface area contributed by atoms with Gasteiger partial charge in [0.05, 0.1) is 26.4 Å². The molecule has 3 aromatic rings. The highest BCUT2D eigenvalue weighted by Crippen LogP contribution is 2.36. The molecule has 2 bridgehead atoms. The van der Waals surface area contributed by atoms with Crippen LogP contribution in [0.1, 0.15) is 16.7 Å². The number of benzene rings is 3. The van der Waals surface area contributed by atoms with Crippen LogP contribution in [0.4, 0.5) is 0 Å². The zero-order valence-corrected chi connectivity index (χ0v) is 17.9. The topological polar surface area (TPSA) is 46.2 Å². The van der Waals surface area contributed by atoms with Crippen LogP contribution in [-0.4, -0.2) is 37.3 Å². The van der Waals surface area contributed by atoms with Crippen LogP contribution in [0, 0.1) is 0 Å². The van der Waals surface area contributed by atoms with E-state index in [1.54, 1.807) is 0 Å². The summed E-state index contributed by atoms with van der Waals surface area (Å²) in [6, 6.07) is 30.4. The fourth-order valence-corrected chi connectivity index (χ4v) is 4.19. The molecule has 5 atom stereocenters. The first-order chi connectivity index (χ1) is 15.9. The summed E-state index contributed by atoms with van der Waals surface area (Å²) in [5, 5.41) is 0. The second-order valence-electron chi connectivity index (χ2n) is 8.16. The van der Waals surface area contributed by atoms with E-state index in [1.165, 1.54) is 0 Å². The largest absolute Gasteiger partial charge is 0.368 e. The Kier molecular flexibility index (Phi) is 6.92. The lowest BCUT2D eigenvalue weighted by Crippen LogP contribution is -2.44. The molecule has 32 heavy (non-hydrogen) atoms. The highest BCUT2D eigenvalue weighted by Gasteiger charge is 2.54. The van der Waals surface area contributed by atoms with Gasteiger partial charge in [-0.25, -0.2) is 0 Å². The Morgan fingerprint density at radius 3 is 1.59 bits per heavy atom. The van der Waals surface area contributed by atoms with Crippen LogP contribution >= 0.6 is 0 Å². The molecule has 0 spiro atoms. The number of hydrogen-bond acceptors (Lipinski definition) is 5. The predicted molar refractivity (Wildman–Crippen MR) is 120 cm³/mol. The molecule has 0 aliphatic carbocycles. The van der Waals surface area contributed by atoms with E-state index in [0.717, 1.165) is 16.7 Å². The van der Waals surface area contributed by atoms with Crippen molar-refractivity contribution in [2.24, 2.45) is 0 Å². The van der Waals surface area contributed by atoms with Crippen molar-refractivity contribution in [3.63, 3.8) is 0 Å². The fraction of sp³-hybridized carbons (Fsp3) is 0.333. The molecule has 3 aromatic carbocycles. The van der Waals surface area contributed by atoms with E-state index in [0.29, 0.717) is 26.4 Å². The molecule has 2 saturated heterocycles. The number of hydrogen-bond donors (Lipinski definition) is 0. The van der Waals surface area contributed by atoms with Crippen LogP contribution in [0.2, 0.25) is 0 Å². The Bertz CT molecular complexity index is 950. The summed E-state index contributed by atoms with van der Waals surface area (Å²) >= 11 is 0. The van der Waals surface area contributed by atoms with Crippen molar-refractivity contribution in [1.82, 2.24) is 0 Å². The van der Waals surface area contributed by atoms with E-state index < -0.39 is 6.29 Å². The molecule has 0 unspecified atom stereocenters. The Labute approximate surface area is 188 Å². The maximum Gasteiger partial charge on any atom is 0.187 e. The van der Waals surface area contributed by atoms with E-state index in [2.05, 4.69) is 36.4 Å². The second kappa shape index (κ2) is 10.4. The standard InChI is InChI=1S/C27H28O5/c1-4-10-20(11-5-1)16-28-23-19-31-27-26(30-18-22-14-8-3-9-15-22)25(24(23)32-27)29-17-21-12-6-2-7-13-21/h1-15,23-27H,16-19H2/t23-,24+,25+,26-,27+/m1/s1. The average Bonchev–Trinajstić information content (AvgIpc) is 3.14. The van der Waals surface area contributed by atoms with Gasteiger partial charge in [0.25, 0.3) is 0 Å². The van der Waals surface area contributed by atoms with Gasteiger partial charge in [-0.05, 0) is 16.7 Å². The third-order valence-corrected chi connectivity index (χ3v) is 5.88. The van der Waals surface area contributed by atoms with Crippen molar-refractivity contribution < 1.29 is 23.7 Å². The SMILES string of the molecule is c1ccc(CO[C@H]2[C@H]3O[C@H](OC[C@H]3OCc3ccccc3)[C@@H]2OCc2ccccc2)cc1. The monoisotopic (exact) mass is 432 g/mol. The summed E-state index contributed by atoms with van der Waals surface area (Å²) in [5.74, 6) is 0. The fourth-order valence-electron chi connectivity index (χ4n) is 4.19. The normalized spacial score (nSPS) is 26.8. The molecule has 166 valence electrons. The Morgan fingerprint density at radius 1 is 0.594 bits per heavy atom. The predicted octanol–water partition coefficient (Wildman–Crippen LogP) is 4.50. The highest BCUT2D eigenvalue weighted by molar-refractivity contribution is 5.15. The minimum atomic E-state index is -0.457. The van der Waals surface area contributed by atoms with Crippen LogP contribution in [0.25, 0.3) is 0 Å². The van der Waals surface area contributed by atoms with E-state index in [-0.39, 0.29) is 24.4 Å². The molecule has 0 saturated carbocycles. The van der Waals surface area contributed by atoms with Gasteiger partial charge < -0.3 is 23.7 Å². The van der Waals surface area contributed by atoms with Crippen LogP contribution < -0.4 is 0 Å². The number of rotatable bonds is 9. The molecular formula is C27H28O5. The molecular weight excluding hydrogens is 404 g/mol. The van der Waals surface area contributed by atoms with Gasteiger partial charge in [-0.1, -0.05) is 91.0 Å². The minimum Gasteiger partial charge on any atom is -0.368 e. The minimum absolute atomic E-state index is 0.224. The van der Waals surface area contributed by atoms with Gasteiger partial charge in [0.15, 0.2) is 6.29 Å². The summed E-state index contributed by atoms with van der Waals surface area (Å²) in [4.78, 5) is 0. The highest BCUT2D eigenvalue weighted by atomic mass is 16.7. The van der Waals surface area contributed by atoms with E-state index in [9.17, 15) is 0 Å². The molecule has 0 N–H and O–H groups in total. The van der Waals surface area contributed by atoms with E-state index >= 15 is 0 Å². The van der Waals surface area contributed by atoms with Crippen LogP contribution in [0.15, 0.2) is 91.0 Å². The zero-order chi connectivity index (χ0) is 21.6. The first kappa shape index (κ1) is 21.3. The van der Waals surface area contributed by atoms with E-state index in [1.807, 2.05) is 54.6 Å². The van der Waals surface area contributed by atoms with Crippen LogP contribution in [-0.2, 0) is 43.5 Å². The zero-order valence-electron chi connectivity index (χ0n) is 17.9. The smallest absolute Gasteiger partial charge is 0.187 e. The third-order valence-electron chi connectivity index (χ3n) is 5.88. The Balaban J connectivity index is 1.28. The van der Waals surface area contributed by atoms with Gasteiger partial charge >= 0.3 is 0 Å². The van der Waals surface area contributed by atoms with Gasteiger partial charge in [0.2, 0.25) is 0 Å². The Hall–Kier alpha value is -2.54. The summed E-state index contributed by atoms with van der Waals surface area (Å²) in [6.07, 6.45) is -1.54. The molecule has 2 heterocycles. The van der Waals surface area contributed by atoms with Gasteiger partial charge in [-0.2, -0.15) is 0 Å². The number of ether oxygens (including phenoxy) is 5. The van der Waals surface area contributed by atoms with Crippen molar-refractivity contribution in [3.8, 4) is 0 Å². The molecule has 0 radical (unpaired) electrons. The molecule has 0 aromatic heterocycles. The summed E-state index contributed by atoms with van der Waals surface area (Å²) in [5.41, 5.74) is 3.33. The van der Waals surface area contributed by atoms with Gasteiger partial charge in [-0.15, -0.1) is 0 Å². The maximum absolute atomic E-state index is 6.38. The molecule has 0 amide bonds. The molecule has 5 nitrogen and oxygen atoms in total. The molecule has 5 rings (SSSR count). The molecule has 2 aliphatic rings. The van der Waals surface area contributed by atoms with Crippen molar-refractivity contribution >= 4 is 0 Å². The molecule has 5 heteroatoms. The summed E-state index contributed by atoms with van der Waals surface area (Å²) in [7, 11) is 0. The lowest BCUT2D eigenvalue weighted by atomic mass is 10.1. The third kappa shape index (κ3) is 5.09. The lowest BCUT2D eigenvalue weighted by Gasteiger charge is -2.30. The Morgan fingerprint density at radius 2 is 1.06 bits per heavy atom. The van der Waals surface area contributed by atoms with E-state index in [4.69, 9.17) is 23.7 Å². The lowest BCUT2D eigenvalue weighted by molar-refractivity contribution is -0.249. The van der Waals surface area contributed by atoms with Crippen molar-refractivity contribution in [2.75, 3.05) is 6.61 Å². The second-order valence-corrected chi connectivity index (χ2v) is 8.16. The van der Waals surface area contributed by atoms with Crippen molar-refractivity contribution in [3.05, 3.63) is 108 Å². The van der Waals surface area contributed by atoms with Gasteiger partial charge in [0.1, 0.15) is 24.4 Å². The maximum atomic E-state index is 6.38. The summed E-state index contributed by atoms with van der Waals surface area (Å²) in [6.45, 7) is 1.91. The molecule has 2 fully saturated rings. The van der Waals surface area contributed by atoms with Gasteiger partial charge in [0, 0.05) is 0 Å². The molecule has 2 aliphatic heterocycles. The summed E-state index contributed by atoms with van der Waals surface area (Å²) < 4.78 is 31.1. The first-order valence-corrected chi connectivity index (χ1v) is 11.1. The van der Waals surface area contributed by atoms with Gasteiger partial charge in [-0.3, -0.25) is 0 Å². The number of fused-ring (bicyclic) bond motifs is 2. The van der Waals surface area contributed by atoms with Crippen LogP contribution in [0.5, 0.6) is 0 Å².